The van der Waals surface area contributed by atoms with Crippen molar-refractivity contribution >= 4 is 0 Å². The van der Waals surface area contributed by atoms with Crippen LogP contribution in [0.3, 0.4) is 0 Å². The SMILES string of the molecule is COC1OC(CO)(CO)C(OCc2ccccc2)C1OC. The number of ether oxygens (including phenoxy) is 4. The average molecular weight is 298 g/mol. The van der Waals surface area contributed by atoms with Crippen LogP contribution in [0.1, 0.15) is 5.56 Å². The van der Waals surface area contributed by atoms with Crippen molar-refractivity contribution in [3.05, 3.63) is 35.9 Å². The van der Waals surface area contributed by atoms with Gasteiger partial charge >= 0.3 is 0 Å². The van der Waals surface area contributed by atoms with Gasteiger partial charge < -0.3 is 29.2 Å². The highest BCUT2D eigenvalue weighted by atomic mass is 16.7. The van der Waals surface area contributed by atoms with Crippen LogP contribution in [0.25, 0.3) is 0 Å². The summed E-state index contributed by atoms with van der Waals surface area (Å²) in [5.41, 5.74) is -0.256. The zero-order valence-corrected chi connectivity index (χ0v) is 12.3. The summed E-state index contributed by atoms with van der Waals surface area (Å²) < 4.78 is 22.1. The minimum Gasteiger partial charge on any atom is -0.393 e. The first-order valence-corrected chi connectivity index (χ1v) is 6.81. The van der Waals surface area contributed by atoms with Gasteiger partial charge in [-0.15, -0.1) is 0 Å². The van der Waals surface area contributed by atoms with E-state index in [1.54, 1.807) is 0 Å². The highest BCUT2D eigenvalue weighted by Gasteiger charge is 2.56. The Hall–Kier alpha value is -1.02. The molecule has 0 spiro atoms. The maximum absolute atomic E-state index is 9.63. The topological polar surface area (TPSA) is 77.4 Å². The first-order chi connectivity index (χ1) is 10.2. The first-order valence-electron chi connectivity index (χ1n) is 6.81. The van der Waals surface area contributed by atoms with Crippen LogP contribution in [-0.4, -0.2) is 61.7 Å². The summed E-state index contributed by atoms with van der Waals surface area (Å²) >= 11 is 0. The molecule has 1 heterocycles. The Morgan fingerprint density at radius 1 is 1.10 bits per heavy atom. The van der Waals surface area contributed by atoms with Crippen molar-refractivity contribution in [2.75, 3.05) is 27.4 Å². The van der Waals surface area contributed by atoms with E-state index in [9.17, 15) is 10.2 Å². The van der Waals surface area contributed by atoms with Crippen LogP contribution in [-0.2, 0) is 25.6 Å². The summed E-state index contributed by atoms with van der Waals surface area (Å²) in [4.78, 5) is 0. The van der Waals surface area contributed by atoms with Crippen LogP contribution in [0, 0.1) is 0 Å². The Labute approximate surface area is 124 Å². The highest BCUT2D eigenvalue weighted by Crippen LogP contribution is 2.35. The molecule has 0 bridgehead atoms. The van der Waals surface area contributed by atoms with E-state index >= 15 is 0 Å². The van der Waals surface area contributed by atoms with Crippen molar-refractivity contribution in [3.63, 3.8) is 0 Å². The molecule has 0 aliphatic carbocycles. The summed E-state index contributed by atoms with van der Waals surface area (Å²) in [6, 6.07) is 9.63. The average Bonchev–Trinajstić information content (AvgIpc) is 2.87. The molecule has 0 aromatic heterocycles. The lowest BCUT2D eigenvalue weighted by atomic mass is 9.96. The molecule has 3 atom stereocenters. The van der Waals surface area contributed by atoms with Crippen molar-refractivity contribution in [3.8, 4) is 0 Å². The van der Waals surface area contributed by atoms with E-state index in [1.807, 2.05) is 30.3 Å². The molecule has 1 saturated heterocycles. The van der Waals surface area contributed by atoms with Crippen molar-refractivity contribution in [1.82, 2.24) is 0 Å². The fourth-order valence-corrected chi connectivity index (χ4v) is 2.54. The number of aliphatic hydroxyl groups is 2. The lowest BCUT2D eigenvalue weighted by Crippen LogP contribution is -2.51. The van der Waals surface area contributed by atoms with Gasteiger partial charge in [0.25, 0.3) is 0 Å². The molecule has 1 fully saturated rings. The van der Waals surface area contributed by atoms with Gasteiger partial charge in [0.05, 0.1) is 19.8 Å². The Kier molecular flexibility index (Phi) is 5.69. The fraction of sp³-hybridized carbons (Fsp3) is 0.600. The summed E-state index contributed by atoms with van der Waals surface area (Å²) in [6.45, 7) is -0.446. The second-order valence-electron chi connectivity index (χ2n) is 5.02. The zero-order chi connectivity index (χ0) is 15.3. The molecule has 21 heavy (non-hydrogen) atoms. The molecule has 0 saturated carbocycles. The Morgan fingerprint density at radius 3 is 2.29 bits per heavy atom. The van der Waals surface area contributed by atoms with Gasteiger partial charge in [0, 0.05) is 14.2 Å². The van der Waals surface area contributed by atoms with Gasteiger partial charge in [-0.25, -0.2) is 0 Å². The standard InChI is InChI=1S/C15H22O6/c1-18-12-13(20-8-11-6-4-3-5-7-11)15(9-16,10-17)21-14(12)19-2/h3-7,12-14,16-17H,8-10H2,1-2H3. The number of hydrogen-bond donors (Lipinski definition) is 2. The predicted molar refractivity (Wildman–Crippen MR) is 74.6 cm³/mol. The van der Waals surface area contributed by atoms with Gasteiger partial charge in [-0.3, -0.25) is 0 Å². The van der Waals surface area contributed by atoms with E-state index in [2.05, 4.69) is 0 Å². The van der Waals surface area contributed by atoms with E-state index in [0.29, 0.717) is 6.61 Å². The third-order valence-electron chi connectivity index (χ3n) is 3.75. The third-order valence-corrected chi connectivity index (χ3v) is 3.75. The summed E-state index contributed by atoms with van der Waals surface area (Å²) in [5, 5.41) is 19.3. The second kappa shape index (κ2) is 7.31. The van der Waals surface area contributed by atoms with E-state index < -0.39 is 24.1 Å². The zero-order valence-electron chi connectivity index (χ0n) is 12.3. The third kappa shape index (κ3) is 3.26. The second-order valence-corrected chi connectivity index (χ2v) is 5.02. The Bertz CT molecular complexity index is 419. The van der Waals surface area contributed by atoms with E-state index in [4.69, 9.17) is 18.9 Å². The lowest BCUT2D eigenvalue weighted by molar-refractivity contribution is -0.203. The van der Waals surface area contributed by atoms with E-state index in [-0.39, 0.29) is 13.2 Å². The monoisotopic (exact) mass is 298 g/mol. The van der Waals surface area contributed by atoms with E-state index in [0.717, 1.165) is 5.56 Å². The van der Waals surface area contributed by atoms with Crippen molar-refractivity contribution in [2.24, 2.45) is 0 Å². The number of hydrogen-bond acceptors (Lipinski definition) is 6. The van der Waals surface area contributed by atoms with Crippen molar-refractivity contribution in [2.45, 2.75) is 30.7 Å². The minimum atomic E-state index is -1.24. The molecule has 1 aromatic rings. The Balaban J connectivity index is 2.15. The van der Waals surface area contributed by atoms with Gasteiger partial charge in [0.1, 0.15) is 17.8 Å². The smallest absolute Gasteiger partial charge is 0.187 e. The maximum atomic E-state index is 9.63. The Morgan fingerprint density at radius 2 is 1.76 bits per heavy atom. The molecular formula is C15H22O6. The van der Waals surface area contributed by atoms with Crippen LogP contribution in [0.4, 0.5) is 0 Å². The quantitative estimate of drug-likeness (QED) is 0.754. The number of methoxy groups -OCH3 is 2. The van der Waals surface area contributed by atoms with Gasteiger partial charge in [-0.1, -0.05) is 30.3 Å². The number of rotatable bonds is 7. The van der Waals surface area contributed by atoms with Crippen LogP contribution >= 0.6 is 0 Å². The molecular weight excluding hydrogens is 276 g/mol. The molecule has 1 aliphatic rings. The van der Waals surface area contributed by atoms with Gasteiger partial charge in [-0.2, -0.15) is 0 Å². The van der Waals surface area contributed by atoms with Crippen LogP contribution in [0.2, 0.25) is 0 Å². The summed E-state index contributed by atoms with van der Waals surface area (Å²) in [5.74, 6) is 0. The van der Waals surface area contributed by atoms with Gasteiger partial charge in [0.2, 0.25) is 0 Å². The minimum absolute atomic E-state index is 0.326. The molecule has 1 aromatic carbocycles. The summed E-state index contributed by atoms with van der Waals surface area (Å²) in [7, 11) is 3.00. The maximum Gasteiger partial charge on any atom is 0.187 e. The molecule has 6 heteroatoms. The normalized spacial score (nSPS) is 27.9. The van der Waals surface area contributed by atoms with Crippen LogP contribution in [0.5, 0.6) is 0 Å². The van der Waals surface area contributed by atoms with Crippen molar-refractivity contribution < 1.29 is 29.2 Å². The molecule has 0 radical (unpaired) electrons. The molecule has 2 rings (SSSR count). The molecule has 0 amide bonds. The highest BCUT2D eigenvalue weighted by molar-refractivity contribution is 5.14. The number of aliphatic hydroxyl groups excluding tert-OH is 2. The number of benzene rings is 1. The van der Waals surface area contributed by atoms with Crippen molar-refractivity contribution in [1.29, 1.82) is 0 Å². The molecule has 6 nitrogen and oxygen atoms in total. The van der Waals surface area contributed by atoms with Crippen LogP contribution in [0.15, 0.2) is 30.3 Å². The fourth-order valence-electron chi connectivity index (χ4n) is 2.54. The molecule has 3 unspecified atom stereocenters. The van der Waals surface area contributed by atoms with Crippen LogP contribution < -0.4 is 0 Å². The van der Waals surface area contributed by atoms with E-state index in [1.165, 1.54) is 14.2 Å². The predicted octanol–water partition coefficient (Wildman–Crippen LogP) is 0.313. The summed E-state index contributed by atoms with van der Waals surface area (Å²) in [6.07, 6.45) is -1.87. The lowest BCUT2D eigenvalue weighted by Gasteiger charge is -2.31. The molecule has 118 valence electrons. The first kappa shape index (κ1) is 16.4. The molecule has 1 aliphatic heterocycles. The van der Waals surface area contributed by atoms with Gasteiger partial charge in [0.15, 0.2) is 6.29 Å². The van der Waals surface area contributed by atoms with Gasteiger partial charge in [-0.05, 0) is 5.56 Å². The largest absolute Gasteiger partial charge is 0.393 e. The molecule has 2 N–H and O–H groups in total.